The summed E-state index contributed by atoms with van der Waals surface area (Å²) >= 11 is 0. The minimum Gasteiger partial charge on any atom is -0.493 e. The van der Waals surface area contributed by atoms with Crippen LogP contribution in [0.5, 0.6) is 17.2 Å². The lowest BCUT2D eigenvalue weighted by atomic mass is 10.1. The topological polar surface area (TPSA) is 54.5 Å². The molecular weight excluding hydrogens is 454 g/mol. The van der Waals surface area contributed by atoms with Crippen molar-refractivity contribution >= 4 is 11.6 Å². The number of anilines is 1. The van der Waals surface area contributed by atoms with Gasteiger partial charge in [-0.25, -0.2) is 0 Å². The van der Waals surface area contributed by atoms with Crippen LogP contribution in [0.25, 0.3) is 0 Å². The van der Waals surface area contributed by atoms with Crippen LogP contribution in [-0.2, 0) is 17.9 Å². The number of methoxy groups -OCH3 is 3. The summed E-state index contributed by atoms with van der Waals surface area (Å²) in [4.78, 5) is 19.9. The van der Waals surface area contributed by atoms with E-state index in [1.807, 2.05) is 65.6 Å². The number of hydrogen-bond acceptors (Lipinski definition) is 6. The molecule has 1 heterocycles. The van der Waals surface area contributed by atoms with Crippen molar-refractivity contribution in [2.45, 2.75) is 13.1 Å². The van der Waals surface area contributed by atoms with E-state index in [0.717, 1.165) is 49.5 Å². The SMILES string of the molecule is COc1ccc(CN2CCN(CC(=O)N(Cc3ccccc3)c3ccccc3)CC2)c(OC)c1OC. The van der Waals surface area contributed by atoms with Crippen LogP contribution in [0.1, 0.15) is 11.1 Å². The number of nitrogens with zero attached hydrogens (tertiary/aromatic N) is 3. The van der Waals surface area contributed by atoms with Crippen molar-refractivity contribution in [2.24, 2.45) is 0 Å². The van der Waals surface area contributed by atoms with E-state index in [9.17, 15) is 4.79 Å². The van der Waals surface area contributed by atoms with Gasteiger partial charge in [-0.05, 0) is 23.8 Å². The van der Waals surface area contributed by atoms with Crippen LogP contribution in [0.2, 0.25) is 0 Å². The molecule has 0 atom stereocenters. The van der Waals surface area contributed by atoms with Gasteiger partial charge in [-0.1, -0.05) is 54.6 Å². The third-order valence-corrected chi connectivity index (χ3v) is 6.56. The summed E-state index contributed by atoms with van der Waals surface area (Å²) < 4.78 is 16.6. The van der Waals surface area contributed by atoms with Crippen molar-refractivity contribution in [3.63, 3.8) is 0 Å². The van der Waals surface area contributed by atoms with Crippen molar-refractivity contribution in [3.8, 4) is 17.2 Å². The zero-order valence-corrected chi connectivity index (χ0v) is 21.4. The fourth-order valence-corrected chi connectivity index (χ4v) is 4.61. The third-order valence-electron chi connectivity index (χ3n) is 6.56. The molecule has 0 spiro atoms. The fraction of sp³-hybridized carbons (Fsp3) is 0.345. The average molecular weight is 490 g/mol. The van der Waals surface area contributed by atoms with Gasteiger partial charge in [0.2, 0.25) is 11.7 Å². The summed E-state index contributed by atoms with van der Waals surface area (Å²) in [6.07, 6.45) is 0. The molecule has 0 aromatic heterocycles. The van der Waals surface area contributed by atoms with Gasteiger partial charge in [0, 0.05) is 44.0 Å². The van der Waals surface area contributed by atoms with Gasteiger partial charge in [-0.3, -0.25) is 14.6 Å². The molecule has 0 N–H and O–H groups in total. The van der Waals surface area contributed by atoms with E-state index in [1.165, 1.54) is 0 Å². The highest BCUT2D eigenvalue weighted by Crippen LogP contribution is 2.40. The average Bonchev–Trinajstić information content (AvgIpc) is 2.93. The molecule has 7 heteroatoms. The standard InChI is InChI=1S/C29H35N3O4/c1-34-26-15-14-24(28(35-2)29(26)36-3)21-30-16-18-31(19-17-30)22-27(33)32(25-12-8-5-9-13-25)20-23-10-6-4-7-11-23/h4-15H,16-22H2,1-3H3. The minimum absolute atomic E-state index is 0.111. The van der Waals surface area contributed by atoms with E-state index in [0.29, 0.717) is 30.3 Å². The Morgan fingerprint density at radius 3 is 1.97 bits per heavy atom. The molecule has 7 nitrogen and oxygen atoms in total. The summed E-state index contributed by atoms with van der Waals surface area (Å²) in [5.74, 6) is 2.08. The summed E-state index contributed by atoms with van der Waals surface area (Å²) in [5.41, 5.74) is 3.09. The van der Waals surface area contributed by atoms with Gasteiger partial charge in [0.25, 0.3) is 0 Å². The molecular formula is C29H35N3O4. The Kier molecular flexibility index (Phi) is 8.81. The summed E-state index contributed by atoms with van der Waals surface area (Å²) in [5, 5.41) is 0. The summed E-state index contributed by atoms with van der Waals surface area (Å²) in [6, 6.07) is 24.0. The second-order valence-electron chi connectivity index (χ2n) is 8.85. The van der Waals surface area contributed by atoms with E-state index < -0.39 is 0 Å². The van der Waals surface area contributed by atoms with Gasteiger partial charge in [-0.2, -0.15) is 0 Å². The van der Waals surface area contributed by atoms with Crippen LogP contribution in [0.15, 0.2) is 72.8 Å². The van der Waals surface area contributed by atoms with Gasteiger partial charge < -0.3 is 19.1 Å². The summed E-state index contributed by atoms with van der Waals surface area (Å²) in [7, 11) is 4.89. The number of para-hydroxylation sites is 1. The zero-order valence-electron chi connectivity index (χ0n) is 21.4. The maximum absolute atomic E-state index is 13.4. The smallest absolute Gasteiger partial charge is 0.241 e. The Bertz CT molecular complexity index is 1120. The Labute approximate surface area is 213 Å². The molecule has 1 amide bonds. The van der Waals surface area contributed by atoms with Gasteiger partial charge in [0.05, 0.1) is 34.4 Å². The molecule has 1 aliphatic rings. The molecule has 0 unspecified atom stereocenters. The lowest BCUT2D eigenvalue weighted by Crippen LogP contribution is -2.49. The third kappa shape index (κ3) is 6.17. The van der Waals surface area contributed by atoms with E-state index in [1.54, 1.807) is 21.3 Å². The molecule has 1 aliphatic heterocycles. The van der Waals surface area contributed by atoms with Crippen LogP contribution >= 0.6 is 0 Å². The highest BCUT2D eigenvalue weighted by atomic mass is 16.5. The number of amides is 1. The Morgan fingerprint density at radius 1 is 0.750 bits per heavy atom. The first-order valence-corrected chi connectivity index (χ1v) is 12.2. The number of benzene rings is 3. The Balaban J connectivity index is 1.37. The van der Waals surface area contributed by atoms with Gasteiger partial charge in [-0.15, -0.1) is 0 Å². The van der Waals surface area contributed by atoms with Crippen molar-refractivity contribution in [3.05, 3.63) is 83.9 Å². The predicted octanol–water partition coefficient (Wildman–Crippen LogP) is 4.06. The number of carbonyl (C=O) groups is 1. The molecule has 4 rings (SSSR count). The van der Waals surface area contributed by atoms with Crippen LogP contribution in [0.3, 0.4) is 0 Å². The fourth-order valence-electron chi connectivity index (χ4n) is 4.61. The van der Waals surface area contributed by atoms with Crippen LogP contribution in [-0.4, -0.2) is 69.8 Å². The summed E-state index contributed by atoms with van der Waals surface area (Å²) in [6.45, 7) is 5.10. The van der Waals surface area contributed by atoms with E-state index >= 15 is 0 Å². The Morgan fingerprint density at radius 2 is 1.36 bits per heavy atom. The second-order valence-corrected chi connectivity index (χ2v) is 8.85. The molecule has 36 heavy (non-hydrogen) atoms. The molecule has 3 aromatic rings. The van der Waals surface area contributed by atoms with Gasteiger partial charge in [0.1, 0.15) is 0 Å². The first kappa shape index (κ1) is 25.5. The molecule has 0 saturated carbocycles. The molecule has 0 bridgehead atoms. The largest absolute Gasteiger partial charge is 0.493 e. The molecule has 1 fully saturated rings. The molecule has 1 saturated heterocycles. The van der Waals surface area contributed by atoms with Crippen LogP contribution in [0, 0.1) is 0 Å². The molecule has 0 radical (unpaired) electrons. The van der Waals surface area contributed by atoms with E-state index in [4.69, 9.17) is 14.2 Å². The van der Waals surface area contributed by atoms with E-state index in [2.05, 4.69) is 21.9 Å². The minimum atomic E-state index is 0.111. The first-order chi connectivity index (χ1) is 17.6. The molecule has 190 valence electrons. The Hall–Kier alpha value is -3.55. The number of ether oxygens (including phenoxy) is 3. The van der Waals surface area contributed by atoms with Crippen molar-refractivity contribution in [2.75, 3.05) is 59.0 Å². The predicted molar refractivity (Wildman–Crippen MR) is 142 cm³/mol. The quantitative estimate of drug-likeness (QED) is 0.428. The second kappa shape index (κ2) is 12.4. The van der Waals surface area contributed by atoms with E-state index in [-0.39, 0.29) is 5.91 Å². The van der Waals surface area contributed by atoms with Gasteiger partial charge in [0.15, 0.2) is 11.5 Å². The number of carbonyl (C=O) groups excluding carboxylic acids is 1. The van der Waals surface area contributed by atoms with Crippen molar-refractivity contribution in [1.29, 1.82) is 0 Å². The number of piperazine rings is 1. The normalized spacial score (nSPS) is 14.3. The number of rotatable bonds is 10. The highest BCUT2D eigenvalue weighted by molar-refractivity contribution is 5.94. The van der Waals surface area contributed by atoms with Crippen LogP contribution in [0.4, 0.5) is 5.69 Å². The van der Waals surface area contributed by atoms with Crippen LogP contribution < -0.4 is 19.1 Å². The number of hydrogen-bond donors (Lipinski definition) is 0. The lowest BCUT2D eigenvalue weighted by Gasteiger charge is -2.35. The lowest BCUT2D eigenvalue weighted by molar-refractivity contribution is -0.120. The van der Waals surface area contributed by atoms with Crippen molar-refractivity contribution in [1.82, 2.24) is 9.80 Å². The molecule has 3 aromatic carbocycles. The zero-order chi connectivity index (χ0) is 25.3. The van der Waals surface area contributed by atoms with Gasteiger partial charge >= 0.3 is 0 Å². The molecule has 0 aliphatic carbocycles. The van der Waals surface area contributed by atoms with Crippen molar-refractivity contribution < 1.29 is 19.0 Å². The maximum Gasteiger partial charge on any atom is 0.241 e. The monoisotopic (exact) mass is 489 g/mol. The maximum atomic E-state index is 13.4. The highest BCUT2D eigenvalue weighted by Gasteiger charge is 2.24. The first-order valence-electron chi connectivity index (χ1n) is 12.2.